The molecule has 19 heavy (non-hydrogen) atoms. The van der Waals surface area contributed by atoms with Crippen molar-refractivity contribution in [3.8, 4) is 0 Å². The lowest BCUT2D eigenvalue weighted by atomic mass is 9.79. The molecule has 3 unspecified atom stereocenters. The summed E-state index contributed by atoms with van der Waals surface area (Å²) in [7, 11) is 0. The summed E-state index contributed by atoms with van der Waals surface area (Å²) in [5.74, 6) is 0.702. The normalized spacial score (nSPS) is 29.5. The van der Waals surface area contributed by atoms with Crippen LogP contribution in [0.25, 0.3) is 0 Å². The molecule has 2 fully saturated rings. The second-order valence-electron chi connectivity index (χ2n) is 6.24. The highest BCUT2D eigenvalue weighted by molar-refractivity contribution is 4.95. The first-order valence-corrected chi connectivity index (χ1v) is 8.19. The lowest BCUT2D eigenvalue weighted by Gasteiger charge is -2.43. The average Bonchev–Trinajstić information content (AvgIpc) is 2.84. The van der Waals surface area contributed by atoms with Crippen LogP contribution in [-0.2, 0) is 9.47 Å². The molecule has 2 rings (SSSR count). The summed E-state index contributed by atoms with van der Waals surface area (Å²) >= 11 is 0. The number of rotatable bonds is 6. The van der Waals surface area contributed by atoms with Gasteiger partial charge in [0, 0.05) is 19.3 Å². The third-order valence-corrected chi connectivity index (χ3v) is 4.93. The van der Waals surface area contributed by atoms with Crippen LogP contribution in [0.1, 0.15) is 59.3 Å². The Hall–Kier alpha value is -0.120. The lowest BCUT2D eigenvalue weighted by Crippen LogP contribution is -2.50. The van der Waals surface area contributed by atoms with Crippen molar-refractivity contribution in [2.75, 3.05) is 19.8 Å². The van der Waals surface area contributed by atoms with Gasteiger partial charge in [0.1, 0.15) is 0 Å². The SMILES string of the molecule is CCNC(C1CCOC2(CCCC2)C1)C(C)OCC. The Labute approximate surface area is 118 Å². The number of nitrogens with one attached hydrogen (secondary N) is 1. The van der Waals surface area contributed by atoms with E-state index in [0.29, 0.717) is 18.1 Å². The first kappa shape index (κ1) is 15.3. The second-order valence-corrected chi connectivity index (χ2v) is 6.24. The quantitative estimate of drug-likeness (QED) is 0.803. The van der Waals surface area contributed by atoms with Crippen LogP contribution >= 0.6 is 0 Å². The zero-order chi connectivity index (χ0) is 13.7. The summed E-state index contributed by atoms with van der Waals surface area (Å²) < 4.78 is 12.0. The molecule has 0 aromatic rings. The molecule has 1 heterocycles. The second kappa shape index (κ2) is 7.05. The van der Waals surface area contributed by atoms with Gasteiger partial charge in [-0.15, -0.1) is 0 Å². The van der Waals surface area contributed by atoms with Crippen LogP contribution in [0.3, 0.4) is 0 Å². The Bertz CT molecular complexity index is 263. The van der Waals surface area contributed by atoms with E-state index in [1.807, 2.05) is 0 Å². The maximum absolute atomic E-state index is 6.16. The van der Waals surface area contributed by atoms with Crippen LogP contribution in [0.4, 0.5) is 0 Å². The first-order valence-electron chi connectivity index (χ1n) is 8.19. The summed E-state index contributed by atoms with van der Waals surface area (Å²) in [5, 5.41) is 3.66. The molecule has 1 spiro atoms. The van der Waals surface area contributed by atoms with Crippen molar-refractivity contribution in [1.82, 2.24) is 5.32 Å². The van der Waals surface area contributed by atoms with Crippen molar-refractivity contribution < 1.29 is 9.47 Å². The highest BCUT2D eigenvalue weighted by atomic mass is 16.5. The van der Waals surface area contributed by atoms with Gasteiger partial charge in [-0.05, 0) is 52.0 Å². The molecule has 1 saturated heterocycles. The summed E-state index contributed by atoms with van der Waals surface area (Å²) in [6, 6.07) is 0.478. The van der Waals surface area contributed by atoms with Gasteiger partial charge in [-0.3, -0.25) is 0 Å². The lowest BCUT2D eigenvalue weighted by molar-refractivity contribution is -0.107. The van der Waals surface area contributed by atoms with E-state index >= 15 is 0 Å². The van der Waals surface area contributed by atoms with E-state index in [2.05, 4.69) is 26.1 Å². The number of hydrogen-bond acceptors (Lipinski definition) is 3. The number of likely N-dealkylation sites (N-methyl/N-ethyl adjacent to an activating group) is 1. The van der Waals surface area contributed by atoms with Gasteiger partial charge in [-0.2, -0.15) is 0 Å². The van der Waals surface area contributed by atoms with Crippen molar-refractivity contribution in [2.24, 2.45) is 5.92 Å². The molecule has 0 radical (unpaired) electrons. The van der Waals surface area contributed by atoms with Crippen LogP contribution in [0.5, 0.6) is 0 Å². The van der Waals surface area contributed by atoms with Gasteiger partial charge >= 0.3 is 0 Å². The van der Waals surface area contributed by atoms with E-state index in [1.165, 1.54) is 38.5 Å². The topological polar surface area (TPSA) is 30.5 Å². The minimum absolute atomic E-state index is 0.211. The number of ether oxygens (including phenoxy) is 2. The van der Waals surface area contributed by atoms with Crippen molar-refractivity contribution in [2.45, 2.75) is 77.0 Å². The maximum atomic E-state index is 6.16. The van der Waals surface area contributed by atoms with E-state index in [1.54, 1.807) is 0 Å². The predicted molar refractivity (Wildman–Crippen MR) is 78.4 cm³/mol. The molecule has 112 valence electrons. The maximum Gasteiger partial charge on any atom is 0.0702 e. The van der Waals surface area contributed by atoms with Crippen LogP contribution < -0.4 is 5.32 Å². The predicted octanol–water partition coefficient (Wildman–Crippen LogP) is 3.13. The Morgan fingerprint density at radius 3 is 2.68 bits per heavy atom. The third-order valence-electron chi connectivity index (χ3n) is 4.93. The van der Waals surface area contributed by atoms with E-state index in [4.69, 9.17) is 9.47 Å². The van der Waals surface area contributed by atoms with Crippen LogP contribution in [0.15, 0.2) is 0 Å². The minimum Gasteiger partial charge on any atom is -0.377 e. The molecule has 0 aromatic carbocycles. The van der Waals surface area contributed by atoms with E-state index in [-0.39, 0.29) is 5.60 Å². The zero-order valence-electron chi connectivity index (χ0n) is 12.9. The van der Waals surface area contributed by atoms with E-state index in [9.17, 15) is 0 Å². The molecule has 1 aliphatic heterocycles. The Balaban J connectivity index is 1.99. The fraction of sp³-hybridized carbons (Fsp3) is 1.00. The van der Waals surface area contributed by atoms with Gasteiger partial charge in [0.05, 0.1) is 11.7 Å². The van der Waals surface area contributed by atoms with Gasteiger partial charge in [-0.1, -0.05) is 19.8 Å². The average molecular weight is 269 g/mol. The highest BCUT2D eigenvalue weighted by Crippen LogP contribution is 2.43. The standard InChI is InChI=1S/C16H31NO2/c1-4-17-15(13(3)18-5-2)14-8-11-19-16(12-14)9-6-7-10-16/h13-15,17H,4-12H2,1-3H3. The molecule has 3 atom stereocenters. The first-order chi connectivity index (χ1) is 9.21. The monoisotopic (exact) mass is 269 g/mol. The molecular formula is C16H31NO2. The van der Waals surface area contributed by atoms with E-state index < -0.39 is 0 Å². The largest absolute Gasteiger partial charge is 0.377 e. The van der Waals surface area contributed by atoms with Crippen LogP contribution in [0, 0.1) is 5.92 Å². The third kappa shape index (κ3) is 3.71. The van der Waals surface area contributed by atoms with Gasteiger partial charge in [0.25, 0.3) is 0 Å². The molecule has 1 saturated carbocycles. The van der Waals surface area contributed by atoms with Crippen molar-refractivity contribution in [3.05, 3.63) is 0 Å². The molecule has 0 bridgehead atoms. The van der Waals surface area contributed by atoms with Crippen LogP contribution in [0.2, 0.25) is 0 Å². The Kier molecular flexibility index (Phi) is 5.67. The molecule has 1 N–H and O–H groups in total. The van der Waals surface area contributed by atoms with Crippen molar-refractivity contribution >= 4 is 0 Å². The van der Waals surface area contributed by atoms with Gasteiger partial charge in [0.2, 0.25) is 0 Å². The summed E-state index contributed by atoms with van der Waals surface area (Å²) in [4.78, 5) is 0. The molecular weight excluding hydrogens is 238 g/mol. The van der Waals surface area contributed by atoms with Crippen molar-refractivity contribution in [1.29, 1.82) is 0 Å². The summed E-state index contributed by atoms with van der Waals surface area (Å²) in [5.41, 5.74) is 0.211. The number of hydrogen-bond donors (Lipinski definition) is 1. The van der Waals surface area contributed by atoms with Crippen molar-refractivity contribution in [3.63, 3.8) is 0 Å². The van der Waals surface area contributed by atoms with Gasteiger partial charge in [0.15, 0.2) is 0 Å². The van der Waals surface area contributed by atoms with Crippen LogP contribution in [-0.4, -0.2) is 37.5 Å². The summed E-state index contributed by atoms with van der Waals surface area (Å²) in [6.45, 7) is 9.25. The van der Waals surface area contributed by atoms with E-state index in [0.717, 1.165) is 19.8 Å². The Morgan fingerprint density at radius 1 is 1.32 bits per heavy atom. The smallest absolute Gasteiger partial charge is 0.0702 e. The Morgan fingerprint density at radius 2 is 2.05 bits per heavy atom. The van der Waals surface area contributed by atoms with Gasteiger partial charge in [-0.25, -0.2) is 0 Å². The fourth-order valence-electron chi connectivity index (χ4n) is 4.06. The summed E-state index contributed by atoms with van der Waals surface area (Å²) in [6.07, 6.45) is 7.93. The minimum atomic E-state index is 0.211. The molecule has 3 heteroatoms. The highest BCUT2D eigenvalue weighted by Gasteiger charge is 2.42. The molecule has 0 aromatic heterocycles. The zero-order valence-corrected chi connectivity index (χ0v) is 12.9. The molecule has 2 aliphatic rings. The van der Waals surface area contributed by atoms with Gasteiger partial charge < -0.3 is 14.8 Å². The fourth-order valence-corrected chi connectivity index (χ4v) is 4.06. The molecule has 1 aliphatic carbocycles. The molecule has 3 nitrogen and oxygen atoms in total. The molecule has 0 amide bonds.